The van der Waals surface area contributed by atoms with E-state index in [-0.39, 0.29) is 18.8 Å². The first-order chi connectivity index (χ1) is 18.1. The first kappa shape index (κ1) is 25.4. The van der Waals surface area contributed by atoms with E-state index in [9.17, 15) is 10.3 Å². The maximum absolute atomic E-state index is 12.1. The number of nitrogens with zero attached hydrogens (tertiary/aromatic N) is 1. The third-order valence-corrected chi connectivity index (χ3v) is 7.63. The Hall–Kier alpha value is -3.20. The molecule has 0 saturated carbocycles. The molecule has 3 atom stereocenters. The SMILES string of the molecule is NCc1cccc(-c2cccc([C@H]3O[C@@H](CSc4cccc[n+]4[O-])C[C@@H](c4ccc(CO)cc4)O3)c2)c1. The fourth-order valence-electron chi connectivity index (χ4n) is 4.47. The van der Waals surface area contributed by atoms with Crippen LogP contribution in [0, 0.1) is 5.21 Å². The topological polar surface area (TPSA) is 91.7 Å². The first-order valence-corrected chi connectivity index (χ1v) is 13.3. The highest BCUT2D eigenvalue weighted by Crippen LogP contribution is 2.40. The Morgan fingerprint density at radius 3 is 2.41 bits per heavy atom. The van der Waals surface area contributed by atoms with Gasteiger partial charge in [0.2, 0.25) is 0 Å². The molecule has 37 heavy (non-hydrogen) atoms. The quantitative estimate of drug-likeness (QED) is 0.189. The molecule has 3 aromatic carbocycles. The number of hydrogen-bond acceptors (Lipinski definition) is 6. The van der Waals surface area contributed by atoms with Gasteiger partial charge < -0.3 is 25.5 Å². The Labute approximate surface area is 221 Å². The molecule has 1 aliphatic heterocycles. The molecule has 0 aliphatic carbocycles. The summed E-state index contributed by atoms with van der Waals surface area (Å²) in [5, 5.41) is 22.2. The van der Waals surface area contributed by atoms with E-state index in [1.165, 1.54) is 18.0 Å². The molecule has 3 N–H and O–H groups in total. The molecule has 0 amide bonds. The van der Waals surface area contributed by atoms with E-state index in [4.69, 9.17) is 15.2 Å². The summed E-state index contributed by atoms with van der Waals surface area (Å²) in [7, 11) is 0. The van der Waals surface area contributed by atoms with Gasteiger partial charge in [0.15, 0.2) is 12.5 Å². The molecule has 2 heterocycles. The van der Waals surface area contributed by atoms with Gasteiger partial charge in [-0.1, -0.05) is 72.4 Å². The van der Waals surface area contributed by atoms with Crippen molar-refractivity contribution in [3.63, 3.8) is 0 Å². The van der Waals surface area contributed by atoms with Crippen LogP contribution >= 0.6 is 11.8 Å². The summed E-state index contributed by atoms with van der Waals surface area (Å²) in [5.41, 5.74) is 11.9. The lowest BCUT2D eigenvalue weighted by atomic mass is 9.99. The smallest absolute Gasteiger partial charge is 0.251 e. The van der Waals surface area contributed by atoms with E-state index in [1.807, 2.05) is 60.7 Å². The molecule has 7 heteroatoms. The Morgan fingerprint density at radius 2 is 1.65 bits per heavy atom. The average molecular weight is 515 g/mol. The van der Waals surface area contributed by atoms with Crippen LogP contribution in [0.4, 0.5) is 0 Å². The minimum atomic E-state index is -0.561. The summed E-state index contributed by atoms with van der Waals surface area (Å²) >= 11 is 1.48. The molecule has 6 nitrogen and oxygen atoms in total. The molecule has 190 valence electrons. The van der Waals surface area contributed by atoms with E-state index in [1.54, 1.807) is 6.07 Å². The second-order valence-corrected chi connectivity index (χ2v) is 10.1. The van der Waals surface area contributed by atoms with E-state index < -0.39 is 6.29 Å². The number of aromatic nitrogens is 1. The highest BCUT2D eigenvalue weighted by molar-refractivity contribution is 7.99. The van der Waals surface area contributed by atoms with Gasteiger partial charge in [-0.2, -0.15) is 4.73 Å². The number of nitrogens with two attached hydrogens (primary N) is 1. The van der Waals surface area contributed by atoms with Gasteiger partial charge in [-0.15, -0.1) is 0 Å². The van der Waals surface area contributed by atoms with Crippen molar-refractivity contribution in [3.8, 4) is 11.1 Å². The number of rotatable bonds is 8. The summed E-state index contributed by atoms with van der Waals surface area (Å²) in [5.74, 6) is 0.621. The molecule has 0 bridgehead atoms. The Bertz CT molecular complexity index is 1330. The molecule has 0 spiro atoms. The summed E-state index contributed by atoms with van der Waals surface area (Å²) in [4.78, 5) is 0. The largest absolute Gasteiger partial charge is 0.618 e. The predicted octanol–water partition coefficient (Wildman–Crippen LogP) is 5.28. The van der Waals surface area contributed by atoms with Crippen LogP contribution in [0.5, 0.6) is 0 Å². The lowest BCUT2D eigenvalue weighted by Gasteiger charge is -2.36. The molecule has 0 radical (unpaired) electrons. The molecular weight excluding hydrogens is 484 g/mol. The maximum atomic E-state index is 12.1. The van der Waals surface area contributed by atoms with E-state index in [2.05, 4.69) is 24.3 Å². The van der Waals surface area contributed by atoms with E-state index in [0.717, 1.165) is 38.1 Å². The lowest BCUT2D eigenvalue weighted by molar-refractivity contribution is -0.645. The van der Waals surface area contributed by atoms with Crippen molar-refractivity contribution < 1.29 is 19.3 Å². The van der Waals surface area contributed by atoms with Gasteiger partial charge in [0.25, 0.3) is 5.03 Å². The minimum Gasteiger partial charge on any atom is -0.618 e. The van der Waals surface area contributed by atoms with Gasteiger partial charge in [-0.25, -0.2) is 0 Å². The third-order valence-electron chi connectivity index (χ3n) is 6.48. The van der Waals surface area contributed by atoms with Crippen molar-refractivity contribution in [1.82, 2.24) is 0 Å². The molecule has 1 aliphatic rings. The maximum Gasteiger partial charge on any atom is 0.251 e. The summed E-state index contributed by atoms with van der Waals surface area (Å²) < 4.78 is 13.8. The molecule has 1 aromatic heterocycles. The van der Waals surface area contributed by atoms with Crippen LogP contribution in [0.2, 0.25) is 0 Å². The van der Waals surface area contributed by atoms with Crippen LogP contribution in [0.1, 0.15) is 41.1 Å². The van der Waals surface area contributed by atoms with Crippen molar-refractivity contribution in [2.75, 3.05) is 5.75 Å². The zero-order chi connectivity index (χ0) is 25.6. The molecule has 5 rings (SSSR count). The van der Waals surface area contributed by atoms with E-state index >= 15 is 0 Å². The van der Waals surface area contributed by atoms with Crippen LogP contribution in [0.25, 0.3) is 11.1 Å². The molecule has 4 aromatic rings. The number of aliphatic hydroxyl groups excluding tert-OH is 1. The summed E-state index contributed by atoms with van der Waals surface area (Å²) in [6.07, 6.45) is 1.29. The molecule has 1 saturated heterocycles. The number of benzene rings is 3. The number of aliphatic hydroxyl groups is 1. The number of pyridine rings is 1. The Kier molecular flexibility index (Phi) is 8.18. The van der Waals surface area contributed by atoms with Crippen molar-refractivity contribution in [2.24, 2.45) is 5.73 Å². The zero-order valence-electron chi connectivity index (χ0n) is 20.4. The lowest BCUT2D eigenvalue weighted by Crippen LogP contribution is -2.32. The van der Waals surface area contributed by atoms with Gasteiger partial charge in [-0.3, -0.25) is 0 Å². The standard InChI is InChI=1S/C30H30N2O4S/c31-18-22-5-3-6-24(15-22)25-7-4-8-26(16-25)30-35-27(20-37-29-9-1-2-14-32(29)34)17-28(36-30)23-12-10-21(19-33)11-13-23/h1-16,27-28,30,33H,17-20,31H2/t27-,28+,30+/m1/s1. The number of hydrogen-bond donors (Lipinski definition) is 2. The van der Waals surface area contributed by atoms with Crippen LogP contribution in [0.15, 0.2) is 102 Å². The predicted molar refractivity (Wildman–Crippen MR) is 144 cm³/mol. The van der Waals surface area contributed by atoms with Gasteiger partial charge in [0.05, 0.1) is 18.8 Å². The average Bonchev–Trinajstić information content (AvgIpc) is 2.97. The van der Waals surface area contributed by atoms with Gasteiger partial charge in [0.1, 0.15) is 0 Å². The zero-order valence-corrected chi connectivity index (χ0v) is 21.2. The highest BCUT2D eigenvalue weighted by atomic mass is 32.2. The van der Waals surface area contributed by atoms with Crippen molar-refractivity contribution in [3.05, 3.63) is 125 Å². The molecular formula is C30H30N2O4S. The second kappa shape index (κ2) is 11.9. The van der Waals surface area contributed by atoms with Crippen LogP contribution in [-0.2, 0) is 22.6 Å². The van der Waals surface area contributed by atoms with Crippen molar-refractivity contribution in [1.29, 1.82) is 0 Å². The van der Waals surface area contributed by atoms with Crippen LogP contribution < -0.4 is 10.5 Å². The van der Waals surface area contributed by atoms with Crippen molar-refractivity contribution >= 4 is 11.8 Å². The van der Waals surface area contributed by atoms with E-state index in [0.29, 0.717) is 23.7 Å². The number of ether oxygens (including phenoxy) is 2. The summed E-state index contributed by atoms with van der Waals surface area (Å²) in [6.45, 7) is 0.491. The van der Waals surface area contributed by atoms with Crippen molar-refractivity contribution in [2.45, 2.75) is 43.1 Å². The Morgan fingerprint density at radius 1 is 0.865 bits per heavy atom. The van der Waals surface area contributed by atoms with Crippen LogP contribution in [-0.4, -0.2) is 17.0 Å². The normalized spacial score (nSPS) is 19.6. The molecule has 1 fully saturated rings. The van der Waals surface area contributed by atoms with Gasteiger partial charge >= 0.3 is 0 Å². The van der Waals surface area contributed by atoms with Gasteiger partial charge in [0, 0.05) is 36.4 Å². The number of thioether (sulfide) groups is 1. The third kappa shape index (κ3) is 6.21. The fourth-order valence-corrected chi connectivity index (χ4v) is 5.40. The second-order valence-electron chi connectivity index (χ2n) is 9.06. The van der Waals surface area contributed by atoms with Crippen LogP contribution in [0.3, 0.4) is 0 Å². The molecule has 0 unspecified atom stereocenters. The monoisotopic (exact) mass is 514 g/mol. The fraction of sp³-hybridized carbons (Fsp3) is 0.233. The Balaban J connectivity index is 1.41. The van der Waals surface area contributed by atoms with Gasteiger partial charge in [-0.05, 0) is 46.0 Å². The minimum absolute atomic E-state index is 0.00121. The first-order valence-electron chi connectivity index (χ1n) is 12.3. The summed E-state index contributed by atoms with van der Waals surface area (Å²) in [6, 6.07) is 29.7. The highest BCUT2D eigenvalue weighted by Gasteiger charge is 2.32.